The summed E-state index contributed by atoms with van der Waals surface area (Å²) in [6, 6.07) is 8.58. The Bertz CT molecular complexity index is 519. The first-order valence-corrected chi connectivity index (χ1v) is 7.87. The van der Waals surface area contributed by atoms with Crippen LogP contribution in [-0.2, 0) is 13.6 Å². The van der Waals surface area contributed by atoms with E-state index in [1.807, 2.05) is 0 Å². The highest BCUT2D eigenvalue weighted by Gasteiger charge is 2.11. The normalized spacial score (nSPS) is 11.3. The largest absolute Gasteiger partial charge is 0.396 e. The lowest BCUT2D eigenvalue weighted by atomic mass is 10.1. The molecule has 2 aromatic rings. The van der Waals surface area contributed by atoms with E-state index in [4.69, 9.17) is 5.11 Å². The van der Waals surface area contributed by atoms with Gasteiger partial charge in [-0.2, -0.15) is 0 Å². The molecule has 0 bridgehead atoms. The van der Waals surface area contributed by atoms with Crippen LogP contribution in [0.4, 0.5) is 0 Å². The van der Waals surface area contributed by atoms with E-state index >= 15 is 0 Å². The minimum Gasteiger partial charge on any atom is -0.396 e. The minimum absolute atomic E-state index is 0.345. The van der Waals surface area contributed by atoms with Gasteiger partial charge in [-0.1, -0.05) is 37.8 Å². The van der Waals surface area contributed by atoms with Crippen LogP contribution in [0.15, 0.2) is 30.6 Å². The van der Waals surface area contributed by atoms with Gasteiger partial charge < -0.3 is 5.11 Å². The van der Waals surface area contributed by atoms with Gasteiger partial charge in [0.2, 0.25) is 6.33 Å². The Kier molecular flexibility index (Phi) is 6.06. The van der Waals surface area contributed by atoms with Crippen molar-refractivity contribution in [3.63, 3.8) is 0 Å². The van der Waals surface area contributed by atoms with Crippen molar-refractivity contribution < 1.29 is 9.67 Å². The molecule has 0 aliphatic rings. The van der Waals surface area contributed by atoms with Crippen LogP contribution >= 0.6 is 0 Å². The SMILES string of the molecule is C[n+]1cn(CCCCCCCCCO)c2ccccc21. The Labute approximate surface area is 121 Å². The van der Waals surface area contributed by atoms with Gasteiger partial charge >= 0.3 is 0 Å². The number of imidazole rings is 1. The molecule has 0 fully saturated rings. The van der Waals surface area contributed by atoms with Crippen LogP contribution in [0, 0.1) is 0 Å². The standard InChI is InChI=1S/C17H27N2O/c1-18-15-19(17-12-8-7-11-16(17)18)13-9-5-3-2-4-6-10-14-20/h7-8,11-12,15,20H,2-6,9-10,13-14H2,1H3/q+1. The first-order valence-electron chi connectivity index (χ1n) is 7.87. The Balaban J connectivity index is 1.71. The molecular formula is C17H27N2O+. The summed E-state index contributed by atoms with van der Waals surface area (Å²) in [4.78, 5) is 0. The van der Waals surface area contributed by atoms with Crippen molar-refractivity contribution in [3.05, 3.63) is 30.6 Å². The van der Waals surface area contributed by atoms with E-state index in [2.05, 4.69) is 46.8 Å². The van der Waals surface area contributed by atoms with Gasteiger partial charge in [-0.15, -0.1) is 0 Å². The summed E-state index contributed by atoms with van der Waals surface area (Å²) >= 11 is 0. The van der Waals surface area contributed by atoms with Crippen LogP contribution in [0.25, 0.3) is 11.0 Å². The first kappa shape index (κ1) is 15.0. The Morgan fingerprint density at radius 3 is 2.35 bits per heavy atom. The van der Waals surface area contributed by atoms with E-state index in [0.717, 1.165) is 13.0 Å². The van der Waals surface area contributed by atoms with Crippen molar-refractivity contribution in [3.8, 4) is 0 Å². The molecule has 0 amide bonds. The number of para-hydroxylation sites is 2. The predicted molar refractivity (Wildman–Crippen MR) is 82.5 cm³/mol. The van der Waals surface area contributed by atoms with Crippen LogP contribution in [-0.4, -0.2) is 16.3 Å². The van der Waals surface area contributed by atoms with Gasteiger partial charge in [-0.05, 0) is 31.4 Å². The number of aryl methyl sites for hydroxylation is 2. The molecule has 0 saturated carbocycles. The Hall–Kier alpha value is -1.35. The van der Waals surface area contributed by atoms with Crippen molar-refractivity contribution >= 4 is 11.0 Å². The van der Waals surface area contributed by atoms with Crippen LogP contribution < -0.4 is 4.57 Å². The molecule has 3 nitrogen and oxygen atoms in total. The van der Waals surface area contributed by atoms with E-state index in [1.54, 1.807) is 0 Å². The predicted octanol–water partition coefficient (Wildman–Crippen LogP) is 3.19. The van der Waals surface area contributed by atoms with E-state index in [0.29, 0.717) is 6.61 Å². The summed E-state index contributed by atoms with van der Waals surface area (Å²) in [7, 11) is 2.11. The van der Waals surface area contributed by atoms with E-state index in [1.165, 1.54) is 49.6 Å². The van der Waals surface area contributed by atoms with E-state index in [9.17, 15) is 0 Å². The number of rotatable bonds is 9. The molecule has 0 spiro atoms. The molecular weight excluding hydrogens is 248 g/mol. The number of hydrogen-bond acceptors (Lipinski definition) is 1. The van der Waals surface area contributed by atoms with Gasteiger partial charge in [0.05, 0.1) is 13.6 Å². The summed E-state index contributed by atoms with van der Waals surface area (Å²) < 4.78 is 4.56. The number of aromatic nitrogens is 2. The zero-order valence-corrected chi connectivity index (χ0v) is 12.6. The second-order valence-electron chi connectivity index (χ2n) is 5.61. The molecule has 1 aromatic carbocycles. The smallest absolute Gasteiger partial charge is 0.244 e. The third kappa shape index (κ3) is 4.07. The lowest BCUT2D eigenvalue weighted by Crippen LogP contribution is -2.25. The first-order chi connectivity index (χ1) is 9.83. The number of unbranched alkanes of at least 4 members (excludes halogenated alkanes) is 6. The molecule has 1 heterocycles. The molecule has 0 saturated heterocycles. The van der Waals surface area contributed by atoms with Crippen molar-refractivity contribution in [1.29, 1.82) is 0 Å². The van der Waals surface area contributed by atoms with E-state index in [-0.39, 0.29) is 0 Å². The summed E-state index contributed by atoms with van der Waals surface area (Å²) in [6.45, 7) is 1.45. The van der Waals surface area contributed by atoms with Gasteiger partial charge in [0.15, 0.2) is 11.0 Å². The fourth-order valence-corrected chi connectivity index (χ4v) is 2.79. The number of nitrogens with zero attached hydrogens (tertiary/aromatic N) is 2. The van der Waals surface area contributed by atoms with Crippen LogP contribution in [0.5, 0.6) is 0 Å². The highest BCUT2D eigenvalue weighted by Crippen LogP contribution is 2.12. The highest BCUT2D eigenvalue weighted by atomic mass is 16.2. The van der Waals surface area contributed by atoms with Gasteiger partial charge in [0.1, 0.15) is 0 Å². The molecule has 20 heavy (non-hydrogen) atoms. The minimum atomic E-state index is 0.345. The number of aliphatic hydroxyl groups excluding tert-OH is 1. The molecule has 0 atom stereocenters. The fraction of sp³-hybridized carbons (Fsp3) is 0.588. The lowest BCUT2D eigenvalue weighted by molar-refractivity contribution is -0.645. The summed E-state index contributed by atoms with van der Waals surface area (Å²) in [6.07, 6.45) is 10.8. The highest BCUT2D eigenvalue weighted by molar-refractivity contribution is 5.71. The molecule has 0 aliphatic heterocycles. The average molecular weight is 275 g/mol. The van der Waals surface area contributed by atoms with Crippen LogP contribution in [0.2, 0.25) is 0 Å². The quantitative estimate of drug-likeness (QED) is 0.552. The second-order valence-corrected chi connectivity index (χ2v) is 5.61. The molecule has 2 rings (SSSR count). The maximum absolute atomic E-state index is 8.72. The van der Waals surface area contributed by atoms with Crippen LogP contribution in [0.3, 0.4) is 0 Å². The zero-order chi connectivity index (χ0) is 14.2. The summed E-state index contributed by atoms with van der Waals surface area (Å²) in [5, 5.41) is 8.72. The van der Waals surface area contributed by atoms with Crippen molar-refractivity contribution in [2.45, 2.75) is 51.5 Å². The molecule has 0 radical (unpaired) electrons. The molecule has 110 valence electrons. The third-order valence-electron chi connectivity index (χ3n) is 3.94. The fourth-order valence-electron chi connectivity index (χ4n) is 2.79. The number of aliphatic hydroxyl groups is 1. The zero-order valence-electron chi connectivity index (χ0n) is 12.6. The van der Waals surface area contributed by atoms with Crippen molar-refractivity contribution in [1.82, 2.24) is 4.57 Å². The molecule has 0 aliphatic carbocycles. The summed E-state index contributed by atoms with van der Waals surface area (Å²) in [5.74, 6) is 0. The van der Waals surface area contributed by atoms with E-state index < -0.39 is 0 Å². The van der Waals surface area contributed by atoms with Gasteiger partial charge in [-0.25, -0.2) is 9.13 Å². The molecule has 1 N–H and O–H groups in total. The second kappa shape index (κ2) is 8.05. The van der Waals surface area contributed by atoms with Crippen LogP contribution in [0.1, 0.15) is 44.9 Å². The van der Waals surface area contributed by atoms with Crippen molar-refractivity contribution in [2.24, 2.45) is 7.05 Å². The van der Waals surface area contributed by atoms with Gasteiger partial charge in [0.25, 0.3) is 0 Å². The third-order valence-corrected chi connectivity index (χ3v) is 3.94. The molecule has 0 unspecified atom stereocenters. The van der Waals surface area contributed by atoms with Gasteiger partial charge in [-0.3, -0.25) is 0 Å². The number of hydrogen-bond donors (Lipinski definition) is 1. The number of fused-ring (bicyclic) bond motifs is 1. The monoisotopic (exact) mass is 275 g/mol. The number of benzene rings is 1. The molecule has 1 aromatic heterocycles. The Morgan fingerprint density at radius 1 is 0.950 bits per heavy atom. The van der Waals surface area contributed by atoms with Gasteiger partial charge in [0, 0.05) is 6.61 Å². The topological polar surface area (TPSA) is 29.0 Å². The Morgan fingerprint density at radius 2 is 1.60 bits per heavy atom. The summed E-state index contributed by atoms with van der Waals surface area (Å²) in [5.41, 5.74) is 2.63. The maximum atomic E-state index is 8.72. The molecule has 3 heteroatoms. The maximum Gasteiger partial charge on any atom is 0.244 e. The van der Waals surface area contributed by atoms with Crippen molar-refractivity contribution in [2.75, 3.05) is 6.61 Å². The lowest BCUT2D eigenvalue weighted by Gasteiger charge is -2.00. The average Bonchev–Trinajstić information content (AvgIpc) is 2.79.